The van der Waals surface area contributed by atoms with E-state index in [1.54, 1.807) is 7.11 Å². The third kappa shape index (κ3) is 3.67. The number of ether oxygens (including phenoxy) is 1. The van der Waals surface area contributed by atoms with Gasteiger partial charge in [0.15, 0.2) is 0 Å². The first-order valence-electron chi connectivity index (χ1n) is 6.78. The number of nitrogens with two attached hydrogens (primary N) is 1. The molecule has 3 nitrogen and oxygen atoms in total. The van der Waals surface area contributed by atoms with Crippen LogP contribution in [0, 0.1) is 11.3 Å². The fraction of sp³-hybridized carbons (Fsp3) is 1.00. The Labute approximate surface area is 106 Å². The van der Waals surface area contributed by atoms with E-state index >= 15 is 0 Å². The van der Waals surface area contributed by atoms with Crippen molar-refractivity contribution in [2.24, 2.45) is 17.1 Å². The minimum absolute atomic E-state index is 0.0810. The van der Waals surface area contributed by atoms with Crippen LogP contribution in [0.25, 0.3) is 0 Å². The summed E-state index contributed by atoms with van der Waals surface area (Å²) in [5.41, 5.74) is 5.59. The van der Waals surface area contributed by atoms with E-state index in [9.17, 15) is 5.11 Å². The second-order valence-electron chi connectivity index (χ2n) is 6.43. The molecule has 0 radical (unpaired) electrons. The van der Waals surface area contributed by atoms with Crippen LogP contribution in [0.5, 0.6) is 0 Å². The molecule has 0 spiro atoms. The molecule has 1 aliphatic carbocycles. The molecule has 17 heavy (non-hydrogen) atoms. The molecule has 3 heteroatoms. The van der Waals surface area contributed by atoms with Gasteiger partial charge in [0, 0.05) is 25.5 Å². The summed E-state index contributed by atoms with van der Waals surface area (Å²) >= 11 is 0. The summed E-state index contributed by atoms with van der Waals surface area (Å²) in [6, 6.07) is 0. The molecule has 102 valence electrons. The van der Waals surface area contributed by atoms with Gasteiger partial charge in [-0.3, -0.25) is 0 Å². The molecule has 0 aromatic carbocycles. The van der Waals surface area contributed by atoms with Gasteiger partial charge >= 0.3 is 0 Å². The summed E-state index contributed by atoms with van der Waals surface area (Å²) in [5.74, 6) is 0.775. The van der Waals surface area contributed by atoms with Crippen molar-refractivity contribution in [3.05, 3.63) is 0 Å². The van der Waals surface area contributed by atoms with Crippen molar-refractivity contribution in [1.82, 2.24) is 0 Å². The van der Waals surface area contributed by atoms with Gasteiger partial charge in [-0.2, -0.15) is 0 Å². The average molecular weight is 243 g/mol. The smallest absolute Gasteiger partial charge is 0.0647 e. The van der Waals surface area contributed by atoms with Crippen LogP contribution in [0.4, 0.5) is 0 Å². The van der Waals surface area contributed by atoms with Gasteiger partial charge in [-0.15, -0.1) is 0 Å². The molecule has 0 heterocycles. The lowest BCUT2D eigenvalue weighted by molar-refractivity contribution is -0.0735. The summed E-state index contributed by atoms with van der Waals surface area (Å²) in [7, 11) is 1.70. The van der Waals surface area contributed by atoms with E-state index in [-0.39, 0.29) is 17.1 Å². The molecule has 1 fully saturated rings. The van der Waals surface area contributed by atoms with Crippen molar-refractivity contribution in [2.75, 3.05) is 13.7 Å². The number of rotatable bonds is 5. The predicted molar refractivity (Wildman–Crippen MR) is 70.8 cm³/mol. The molecule has 1 unspecified atom stereocenters. The maximum absolute atomic E-state index is 10.5. The molecule has 0 saturated heterocycles. The lowest BCUT2D eigenvalue weighted by Crippen LogP contribution is -2.47. The first kappa shape index (κ1) is 14.9. The monoisotopic (exact) mass is 243 g/mol. The Morgan fingerprint density at radius 2 is 1.94 bits per heavy atom. The van der Waals surface area contributed by atoms with Crippen molar-refractivity contribution >= 4 is 0 Å². The lowest BCUT2D eigenvalue weighted by Gasteiger charge is -2.44. The maximum Gasteiger partial charge on any atom is 0.0647 e. The van der Waals surface area contributed by atoms with Gasteiger partial charge in [-0.25, -0.2) is 0 Å². The van der Waals surface area contributed by atoms with Gasteiger partial charge in [0.1, 0.15) is 0 Å². The van der Waals surface area contributed by atoms with E-state index in [1.165, 1.54) is 12.8 Å². The minimum atomic E-state index is -0.352. The Morgan fingerprint density at radius 1 is 1.41 bits per heavy atom. The number of aliphatic hydroxyl groups is 1. The van der Waals surface area contributed by atoms with Gasteiger partial charge in [0.2, 0.25) is 0 Å². The SMILES string of the molecule is COC(C)(C)CC(O)C1(CN)CCC(C)CC1. The van der Waals surface area contributed by atoms with E-state index in [0.29, 0.717) is 13.0 Å². The van der Waals surface area contributed by atoms with Crippen molar-refractivity contribution in [1.29, 1.82) is 0 Å². The van der Waals surface area contributed by atoms with Gasteiger partial charge in [0.05, 0.1) is 11.7 Å². The minimum Gasteiger partial charge on any atom is -0.392 e. The zero-order valence-electron chi connectivity index (χ0n) is 11.8. The molecule has 1 aliphatic rings. The quantitative estimate of drug-likeness (QED) is 0.779. The molecular weight excluding hydrogens is 214 g/mol. The molecule has 1 saturated carbocycles. The van der Waals surface area contributed by atoms with Gasteiger partial charge in [-0.1, -0.05) is 19.8 Å². The van der Waals surface area contributed by atoms with Crippen molar-refractivity contribution < 1.29 is 9.84 Å². The van der Waals surface area contributed by atoms with Crippen molar-refractivity contribution in [3.63, 3.8) is 0 Å². The molecular formula is C14H29NO2. The zero-order chi connectivity index (χ0) is 13.1. The third-order valence-corrected chi connectivity index (χ3v) is 4.62. The van der Waals surface area contributed by atoms with Crippen LogP contribution in [-0.4, -0.2) is 30.5 Å². The number of aliphatic hydroxyl groups excluding tert-OH is 1. The summed E-state index contributed by atoms with van der Waals surface area (Å²) in [4.78, 5) is 0. The van der Waals surface area contributed by atoms with Gasteiger partial charge < -0.3 is 15.6 Å². The topological polar surface area (TPSA) is 55.5 Å². The van der Waals surface area contributed by atoms with Crippen LogP contribution in [0.3, 0.4) is 0 Å². The van der Waals surface area contributed by atoms with Crippen LogP contribution in [0.1, 0.15) is 52.9 Å². The van der Waals surface area contributed by atoms with Crippen molar-refractivity contribution in [3.8, 4) is 0 Å². The maximum atomic E-state index is 10.5. The lowest BCUT2D eigenvalue weighted by atomic mass is 9.66. The molecule has 0 aromatic rings. The van der Waals surface area contributed by atoms with Gasteiger partial charge in [-0.05, 0) is 32.6 Å². The van der Waals surface area contributed by atoms with E-state index in [2.05, 4.69) is 6.92 Å². The molecule has 0 bridgehead atoms. The van der Waals surface area contributed by atoms with Crippen molar-refractivity contribution in [2.45, 2.75) is 64.6 Å². The first-order valence-corrected chi connectivity index (χ1v) is 6.78. The fourth-order valence-electron chi connectivity index (χ4n) is 2.78. The highest BCUT2D eigenvalue weighted by atomic mass is 16.5. The summed E-state index contributed by atoms with van der Waals surface area (Å²) in [6.45, 7) is 6.91. The van der Waals surface area contributed by atoms with E-state index in [4.69, 9.17) is 10.5 Å². The summed E-state index contributed by atoms with van der Waals surface area (Å²) in [6.07, 6.45) is 4.77. The Hall–Kier alpha value is -0.120. The van der Waals surface area contributed by atoms with Crippen LogP contribution in [0.2, 0.25) is 0 Å². The second kappa shape index (κ2) is 5.68. The Morgan fingerprint density at radius 3 is 2.35 bits per heavy atom. The van der Waals surface area contributed by atoms with Gasteiger partial charge in [0.25, 0.3) is 0 Å². The van der Waals surface area contributed by atoms with Crippen LogP contribution >= 0.6 is 0 Å². The average Bonchev–Trinajstić information content (AvgIpc) is 2.30. The highest BCUT2D eigenvalue weighted by Gasteiger charge is 2.41. The zero-order valence-corrected chi connectivity index (χ0v) is 11.8. The third-order valence-electron chi connectivity index (χ3n) is 4.62. The first-order chi connectivity index (χ1) is 7.85. The Kier molecular flexibility index (Phi) is 4.99. The van der Waals surface area contributed by atoms with Crippen LogP contribution < -0.4 is 5.73 Å². The molecule has 0 aliphatic heterocycles. The van der Waals surface area contributed by atoms with E-state index in [0.717, 1.165) is 18.8 Å². The second-order valence-corrected chi connectivity index (χ2v) is 6.43. The van der Waals surface area contributed by atoms with Crippen LogP contribution in [-0.2, 0) is 4.74 Å². The predicted octanol–water partition coefficient (Wildman–Crippen LogP) is 2.32. The Bertz CT molecular complexity index is 232. The molecule has 0 aromatic heterocycles. The molecule has 1 atom stereocenters. The summed E-state index contributed by atoms with van der Waals surface area (Å²) in [5, 5.41) is 10.5. The highest BCUT2D eigenvalue weighted by Crippen LogP contribution is 2.43. The fourth-order valence-corrected chi connectivity index (χ4v) is 2.78. The number of hydrogen-bond acceptors (Lipinski definition) is 3. The normalized spacial score (nSPS) is 32.5. The van der Waals surface area contributed by atoms with E-state index in [1.807, 2.05) is 13.8 Å². The standard InChI is InChI=1S/C14H29NO2/c1-11-5-7-14(10-15,8-6-11)12(16)9-13(2,3)17-4/h11-12,16H,5-10,15H2,1-4H3. The van der Waals surface area contributed by atoms with Crippen LogP contribution in [0.15, 0.2) is 0 Å². The summed E-state index contributed by atoms with van der Waals surface area (Å²) < 4.78 is 5.41. The number of methoxy groups -OCH3 is 1. The van der Waals surface area contributed by atoms with E-state index < -0.39 is 0 Å². The molecule has 0 amide bonds. The highest BCUT2D eigenvalue weighted by molar-refractivity contribution is 4.93. The molecule has 3 N–H and O–H groups in total. The number of hydrogen-bond donors (Lipinski definition) is 2. The largest absolute Gasteiger partial charge is 0.392 e. The Balaban J connectivity index is 2.66. The molecule has 1 rings (SSSR count).